The first-order valence-electron chi connectivity index (χ1n) is 19.1. The molecule has 1 saturated heterocycles. The van der Waals surface area contributed by atoms with Gasteiger partial charge < -0.3 is 4.90 Å². The van der Waals surface area contributed by atoms with Crippen molar-refractivity contribution in [2.45, 2.75) is 131 Å². The number of fused-ring (bicyclic) bond motifs is 2. The van der Waals surface area contributed by atoms with Crippen molar-refractivity contribution in [3.8, 4) is 0 Å². The smallest absolute Gasteiger partial charge is 0.265 e. The highest BCUT2D eigenvalue weighted by Gasteiger charge is 2.54. The van der Waals surface area contributed by atoms with Gasteiger partial charge in [-0.1, -0.05) is 77.3 Å². The van der Waals surface area contributed by atoms with Crippen LogP contribution < -0.4 is 0 Å². The summed E-state index contributed by atoms with van der Waals surface area (Å²) in [6, 6.07) is 0.832. The average Bonchev–Trinajstić information content (AvgIpc) is 3.34. The summed E-state index contributed by atoms with van der Waals surface area (Å²) in [7, 11) is -7.97. The van der Waals surface area contributed by atoms with Crippen LogP contribution in [-0.2, 0) is 20.2 Å². The van der Waals surface area contributed by atoms with Crippen LogP contribution in [0.25, 0.3) is 0 Å². The first-order valence-corrected chi connectivity index (χ1v) is 22.3. The molecule has 2 N–H and O–H groups in total. The Labute approximate surface area is 303 Å². The predicted octanol–water partition coefficient (Wildman–Crippen LogP) is 8.16. The van der Waals surface area contributed by atoms with E-state index in [1.165, 1.54) is 61.1 Å². The number of hydrogen-bond acceptors (Lipinski definition) is 5. The summed E-state index contributed by atoms with van der Waals surface area (Å²) < 4.78 is 67.1. The molecule has 2 heterocycles. The summed E-state index contributed by atoms with van der Waals surface area (Å²) >= 11 is 0. The van der Waals surface area contributed by atoms with Crippen LogP contribution in [0.2, 0.25) is 0 Å². The number of rotatable bonds is 12. The zero-order valence-electron chi connectivity index (χ0n) is 31.4. The van der Waals surface area contributed by atoms with Gasteiger partial charge in [-0.2, -0.15) is 16.8 Å². The summed E-state index contributed by atoms with van der Waals surface area (Å²) in [5.74, 6) is 0.669. The lowest BCUT2D eigenvalue weighted by Crippen LogP contribution is -2.35. The van der Waals surface area contributed by atoms with Crippen LogP contribution in [0, 0.1) is 28.1 Å². The number of nitrogens with zero attached hydrogens (tertiary/aromatic N) is 2. The minimum atomic E-state index is -3.98. The van der Waals surface area contributed by atoms with E-state index < -0.39 is 20.2 Å². The van der Waals surface area contributed by atoms with Gasteiger partial charge in [-0.05, 0) is 87.3 Å². The van der Waals surface area contributed by atoms with Crippen LogP contribution in [0.15, 0.2) is 59.4 Å². The fourth-order valence-electron chi connectivity index (χ4n) is 10.4. The molecule has 2 aliphatic heterocycles. The Morgan fingerprint density at radius 1 is 0.780 bits per heavy atom. The van der Waals surface area contributed by atoms with Gasteiger partial charge in [0, 0.05) is 48.5 Å². The van der Waals surface area contributed by atoms with Gasteiger partial charge >= 0.3 is 0 Å². The van der Waals surface area contributed by atoms with Crippen molar-refractivity contribution < 1.29 is 30.5 Å². The minimum absolute atomic E-state index is 0.00693. The molecular weight excluding hydrogens is 669 g/mol. The minimum Gasteiger partial charge on any atom is -0.371 e. The Morgan fingerprint density at radius 2 is 1.40 bits per heavy atom. The van der Waals surface area contributed by atoms with Gasteiger partial charge in [0.2, 0.25) is 0 Å². The number of allylic oxidation sites excluding steroid dienone is 10. The first kappa shape index (κ1) is 39.2. The molecule has 2 saturated carbocycles. The van der Waals surface area contributed by atoms with Gasteiger partial charge in [0.05, 0.1) is 16.9 Å². The molecule has 0 bridgehead atoms. The lowest BCUT2D eigenvalue weighted by Gasteiger charge is -2.34. The van der Waals surface area contributed by atoms with Gasteiger partial charge in [0.1, 0.15) is 6.54 Å². The fourth-order valence-corrected chi connectivity index (χ4v) is 11.4. The topological polar surface area (TPSA) is 115 Å². The molecule has 0 amide bonds. The Balaban J connectivity index is 1.38. The predicted molar refractivity (Wildman–Crippen MR) is 204 cm³/mol. The monoisotopic (exact) mass is 731 g/mol. The summed E-state index contributed by atoms with van der Waals surface area (Å²) in [6.07, 6.45) is 28.0. The molecule has 50 heavy (non-hydrogen) atoms. The zero-order valence-corrected chi connectivity index (χ0v) is 33.0. The average molecular weight is 732 g/mol. The molecule has 5 rings (SSSR count). The first-order chi connectivity index (χ1) is 23.3. The maximum Gasteiger partial charge on any atom is 0.265 e. The highest BCUT2D eigenvalue weighted by molar-refractivity contribution is 7.86. The summed E-state index contributed by atoms with van der Waals surface area (Å²) in [5, 5.41) is 0. The van der Waals surface area contributed by atoms with E-state index in [-0.39, 0.29) is 27.8 Å². The zero-order chi connectivity index (χ0) is 36.5. The molecule has 8 nitrogen and oxygen atoms in total. The van der Waals surface area contributed by atoms with E-state index in [0.29, 0.717) is 49.9 Å². The maximum atomic E-state index is 11.5. The van der Waals surface area contributed by atoms with Crippen LogP contribution in [0.3, 0.4) is 0 Å². The van der Waals surface area contributed by atoms with Crippen LogP contribution in [0.4, 0.5) is 0 Å². The molecule has 0 aromatic carbocycles. The van der Waals surface area contributed by atoms with Crippen molar-refractivity contribution in [1.29, 1.82) is 0 Å². The fraction of sp³-hybridized carbons (Fsp3) is 0.725. The third-order valence-corrected chi connectivity index (χ3v) is 14.1. The van der Waals surface area contributed by atoms with Crippen LogP contribution >= 0.6 is 0 Å². The standard InChI is InChI=1S/C40H62N2O6S2/c1-38(2)28-30(15-11-21-36-39(3,4)32-17-7-9-19-34(32)41(36)23-13-25-49(43,44)45)27-31(29-38)16-12-22-37-40(5,6)33-18-8-10-20-35(33)42(37)24-14-26-50(46,47)48/h11-12,15-16,21-22,27,32-35H,7-10,13-14,17-20,23-26,28-29H2,1-6H3,(H-,43,44,45,46,47,48)/p+1. The molecule has 0 radical (unpaired) electrons. The van der Waals surface area contributed by atoms with Crippen LogP contribution in [0.5, 0.6) is 0 Å². The van der Waals surface area contributed by atoms with E-state index in [0.717, 1.165) is 25.7 Å². The Morgan fingerprint density at radius 3 is 2.10 bits per heavy atom. The SMILES string of the molecule is CC1(C)CC(/C=C/C=C2/N(CCCS(=O)(=O)O)C3CCCCC3C2(C)C)=CC(=C/C=C/C2=[N+](CCCS(=O)(=O)O)C3CCCCC3C2(C)C)/C1. The maximum absolute atomic E-state index is 11.5. The Hall–Kier alpha value is -2.01. The highest BCUT2D eigenvalue weighted by Crippen LogP contribution is 2.53. The van der Waals surface area contributed by atoms with Crippen LogP contribution in [0.1, 0.15) is 119 Å². The van der Waals surface area contributed by atoms with Crippen LogP contribution in [-0.4, -0.2) is 77.8 Å². The largest absolute Gasteiger partial charge is 0.371 e. The van der Waals surface area contributed by atoms with Gasteiger partial charge in [0.15, 0.2) is 11.8 Å². The second kappa shape index (κ2) is 15.2. The third-order valence-electron chi connectivity index (χ3n) is 12.5. The summed E-state index contributed by atoms with van der Waals surface area (Å²) in [4.78, 5) is 2.44. The van der Waals surface area contributed by atoms with Crippen molar-refractivity contribution in [3.05, 3.63) is 59.4 Å². The van der Waals surface area contributed by atoms with E-state index >= 15 is 0 Å². The summed E-state index contributed by atoms with van der Waals surface area (Å²) in [6.45, 7) is 15.3. The van der Waals surface area contributed by atoms with E-state index in [1.54, 1.807) is 0 Å². The lowest BCUT2D eigenvalue weighted by molar-refractivity contribution is -0.566. The molecule has 4 unspecified atom stereocenters. The van der Waals surface area contributed by atoms with Crippen molar-refractivity contribution >= 4 is 25.9 Å². The molecule has 280 valence electrons. The number of likely N-dealkylation sites (tertiary alicyclic amines) is 1. The molecule has 4 atom stereocenters. The second-order valence-electron chi connectivity index (χ2n) is 17.7. The molecule has 10 heteroatoms. The lowest BCUT2D eigenvalue weighted by atomic mass is 9.69. The highest BCUT2D eigenvalue weighted by atomic mass is 32.2. The quantitative estimate of drug-likeness (QED) is 0.154. The van der Waals surface area contributed by atoms with Crippen molar-refractivity contribution in [3.63, 3.8) is 0 Å². The van der Waals surface area contributed by atoms with Crippen molar-refractivity contribution in [2.75, 3.05) is 24.6 Å². The molecule has 0 aromatic rings. The van der Waals surface area contributed by atoms with Crippen molar-refractivity contribution in [1.82, 2.24) is 4.90 Å². The van der Waals surface area contributed by atoms with E-state index in [4.69, 9.17) is 0 Å². The molecule has 0 spiro atoms. The normalized spacial score (nSPS) is 31.2. The van der Waals surface area contributed by atoms with Gasteiger partial charge in [-0.3, -0.25) is 9.11 Å². The molecular formula is C40H63N2O6S2+. The Bertz CT molecular complexity index is 1680. The summed E-state index contributed by atoms with van der Waals surface area (Å²) in [5.41, 5.74) is 5.22. The van der Waals surface area contributed by atoms with Gasteiger partial charge in [-0.25, -0.2) is 4.58 Å². The van der Waals surface area contributed by atoms with E-state index in [9.17, 15) is 25.9 Å². The Kier molecular flexibility index (Phi) is 11.9. The molecule has 3 aliphatic carbocycles. The molecule has 5 aliphatic rings. The van der Waals surface area contributed by atoms with Gasteiger partial charge in [0.25, 0.3) is 20.2 Å². The van der Waals surface area contributed by atoms with Gasteiger partial charge in [-0.15, -0.1) is 0 Å². The van der Waals surface area contributed by atoms with Crippen molar-refractivity contribution in [2.24, 2.45) is 28.1 Å². The third kappa shape index (κ3) is 9.31. The number of hydrogen-bond donors (Lipinski definition) is 2. The molecule has 0 aromatic heterocycles. The second-order valence-corrected chi connectivity index (χ2v) is 20.8. The van der Waals surface area contributed by atoms with E-state index in [1.807, 2.05) is 0 Å². The van der Waals surface area contributed by atoms with E-state index in [2.05, 4.69) is 93.5 Å². The molecule has 3 fully saturated rings.